The zero-order chi connectivity index (χ0) is 37.5. The topological polar surface area (TPSA) is 121 Å². The minimum atomic E-state index is -5.17. The van der Waals surface area contributed by atoms with Gasteiger partial charge >= 0.3 is 0 Å². The molecule has 0 aliphatic heterocycles. The lowest BCUT2D eigenvalue weighted by atomic mass is 10.0. The van der Waals surface area contributed by atoms with Gasteiger partial charge in [-0.25, -0.2) is 10.4 Å². The van der Waals surface area contributed by atoms with Gasteiger partial charge in [0.1, 0.15) is 13.1 Å². The fraction of sp³-hybridized carbons (Fsp3) is 1.00. The smallest absolute Gasteiger partial charge is 0.108 e. The summed E-state index contributed by atoms with van der Waals surface area (Å²) in [6, 6.07) is 0. The van der Waals surface area contributed by atoms with Crippen LogP contribution in [0.3, 0.4) is 0 Å². The normalized spacial score (nSPS) is 12.0. The number of quaternary nitrogens is 2. The molecular weight excluding hydrogens is 637 g/mol. The number of hydroxylamine groups is 6. The molecule has 0 heterocycles. The lowest BCUT2D eigenvalue weighted by Gasteiger charge is -2.19. The SMILES string of the molecule is CCCCCCCCCCCCCCCCCC[N+](C)(C)O.CCCCCCCCCCCCCCCCCC[N+](C)(C)O.O=S(=O)([O-])[O-]. The second-order valence-corrected chi connectivity index (χ2v) is 16.5. The first-order valence-electron chi connectivity index (χ1n) is 20.9. The number of rotatable bonds is 34. The Balaban J connectivity index is -0.000000757. The van der Waals surface area contributed by atoms with Crippen molar-refractivity contribution >= 4 is 10.4 Å². The largest absolute Gasteiger partial charge is 0.759 e. The molecule has 0 saturated carbocycles. The number of unbranched alkanes of at least 4 members (excludes halogenated alkanes) is 30. The van der Waals surface area contributed by atoms with Crippen LogP contribution in [-0.4, -0.2) is 78.5 Å². The van der Waals surface area contributed by atoms with Crippen molar-refractivity contribution in [3.63, 3.8) is 0 Å². The Morgan fingerprint density at radius 2 is 0.469 bits per heavy atom. The predicted molar refractivity (Wildman–Crippen MR) is 207 cm³/mol. The van der Waals surface area contributed by atoms with Crippen LogP contribution >= 0.6 is 0 Å². The van der Waals surface area contributed by atoms with Crippen molar-refractivity contribution < 1.29 is 37.2 Å². The van der Waals surface area contributed by atoms with Crippen LogP contribution in [0.2, 0.25) is 0 Å². The summed E-state index contributed by atoms with van der Waals surface area (Å²) in [6.45, 7) is 6.35. The van der Waals surface area contributed by atoms with E-state index in [1.54, 1.807) is 0 Å². The molecule has 0 rings (SSSR count). The average Bonchev–Trinajstić information content (AvgIpc) is 2.99. The molecule has 300 valence electrons. The Labute approximate surface area is 307 Å². The molecule has 2 N–H and O–H groups in total. The van der Waals surface area contributed by atoms with Crippen LogP contribution in [0.15, 0.2) is 0 Å². The molecule has 0 radical (unpaired) electrons. The van der Waals surface area contributed by atoms with Gasteiger partial charge in [-0.3, -0.25) is 8.42 Å². The Kier molecular flexibility index (Phi) is 42.2. The average molecular weight is 725 g/mol. The summed E-state index contributed by atoms with van der Waals surface area (Å²) in [5.41, 5.74) is 0. The van der Waals surface area contributed by atoms with E-state index in [0.717, 1.165) is 25.9 Å². The molecule has 0 aliphatic rings. The molecule has 0 aromatic rings. The third kappa shape index (κ3) is 70.1. The van der Waals surface area contributed by atoms with Crippen molar-refractivity contribution in [2.24, 2.45) is 0 Å². The highest BCUT2D eigenvalue weighted by Gasteiger charge is 2.09. The minimum absolute atomic E-state index is 0.124. The fourth-order valence-electron chi connectivity index (χ4n) is 6.09. The maximum Gasteiger partial charge on any atom is 0.108 e. The van der Waals surface area contributed by atoms with Crippen molar-refractivity contribution in [2.45, 2.75) is 219 Å². The van der Waals surface area contributed by atoms with Crippen LogP contribution in [0.5, 0.6) is 0 Å². The summed E-state index contributed by atoms with van der Waals surface area (Å²) in [5, 5.41) is 19.1. The van der Waals surface area contributed by atoms with Gasteiger partial charge in [0.05, 0.1) is 28.2 Å². The van der Waals surface area contributed by atoms with Gasteiger partial charge in [-0.05, 0) is 25.7 Å². The molecule has 0 bridgehead atoms. The first-order valence-corrected chi connectivity index (χ1v) is 22.2. The molecule has 49 heavy (non-hydrogen) atoms. The van der Waals surface area contributed by atoms with Crippen molar-refractivity contribution in [3.05, 3.63) is 0 Å². The van der Waals surface area contributed by atoms with Crippen molar-refractivity contribution in [1.82, 2.24) is 0 Å². The fourth-order valence-corrected chi connectivity index (χ4v) is 6.09. The van der Waals surface area contributed by atoms with Crippen LogP contribution in [0.1, 0.15) is 219 Å². The Bertz CT molecular complexity index is 669. The van der Waals surface area contributed by atoms with Crippen LogP contribution in [0, 0.1) is 0 Å². The molecule has 0 unspecified atom stereocenters. The molecule has 0 aromatic heterocycles. The number of hydrogen-bond donors (Lipinski definition) is 2. The van der Waals surface area contributed by atoms with E-state index in [1.807, 2.05) is 28.2 Å². The van der Waals surface area contributed by atoms with Gasteiger partial charge in [-0.2, -0.15) is 9.29 Å². The van der Waals surface area contributed by atoms with E-state index in [2.05, 4.69) is 13.8 Å². The van der Waals surface area contributed by atoms with E-state index >= 15 is 0 Å². The molecule has 0 aliphatic carbocycles. The Hall–Kier alpha value is -0.290. The minimum Gasteiger partial charge on any atom is -0.759 e. The van der Waals surface area contributed by atoms with Crippen molar-refractivity contribution in [2.75, 3.05) is 41.3 Å². The molecular formula is C40H88N2O6S. The molecule has 0 atom stereocenters. The van der Waals surface area contributed by atoms with E-state index in [-0.39, 0.29) is 9.29 Å². The first-order chi connectivity index (χ1) is 23.1. The molecule has 0 aromatic carbocycles. The molecule has 0 amide bonds. The highest BCUT2D eigenvalue weighted by atomic mass is 32.3. The van der Waals surface area contributed by atoms with Crippen molar-refractivity contribution in [3.8, 4) is 0 Å². The summed E-state index contributed by atoms with van der Waals surface area (Å²) < 4.78 is 34.3. The summed E-state index contributed by atoms with van der Waals surface area (Å²) in [5.74, 6) is 0. The van der Waals surface area contributed by atoms with Gasteiger partial charge in [0.25, 0.3) is 0 Å². The van der Waals surface area contributed by atoms with E-state index in [9.17, 15) is 10.4 Å². The summed E-state index contributed by atoms with van der Waals surface area (Å²) in [6.07, 6.45) is 44.9. The standard InChI is InChI=1S/2C20H44NO.H2O4S/c2*1-4-5-6-7-8-9-10-11-12-13-14-15-16-17-18-19-20-21(2,3)22;1-5(2,3)4/h2*22H,4-20H2,1-3H3;(H2,1,2,3,4)/q2*+1;/p-2. The Morgan fingerprint density at radius 3 is 0.592 bits per heavy atom. The molecule has 0 saturated heterocycles. The molecule has 8 nitrogen and oxygen atoms in total. The van der Waals surface area contributed by atoms with Gasteiger partial charge in [0, 0.05) is 10.4 Å². The van der Waals surface area contributed by atoms with Gasteiger partial charge < -0.3 is 9.11 Å². The number of nitrogens with zero attached hydrogens (tertiary/aromatic N) is 2. The second kappa shape index (κ2) is 38.9. The van der Waals surface area contributed by atoms with Crippen LogP contribution in [-0.2, 0) is 10.4 Å². The summed E-state index contributed by atoms with van der Waals surface area (Å²) >= 11 is 0. The maximum absolute atomic E-state index is 9.57. The van der Waals surface area contributed by atoms with E-state index in [4.69, 9.17) is 17.5 Å². The highest BCUT2D eigenvalue weighted by molar-refractivity contribution is 7.79. The van der Waals surface area contributed by atoms with Crippen LogP contribution in [0.4, 0.5) is 0 Å². The predicted octanol–water partition coefficient (Wildman–Crippen LogP) is 12.1. The zero-order valence-corrected chi connectivity index (χ0v) is 34.7. The molecule has 9 heteroatoms. The third-order valence-electron chi connectivity index (χ3n) is 9.12. The second-order valence-electron chi connectivity index (χ2n) is 15.7. The summed E-state index contributed by atoms with van der Waals surface area (Å²) in [7, 11) is 2.24. The molecule has 0 fully saturated rings. The quantitative estimate of drug-likeness (QED) is 0.0224. The Morgan fingerprint density at radius 1 is 0.347 bits per heavy atom. The lowest BCUT2D eigenvalue weighted by molar-refractivity contribution is -1.07. The monoisotopic (exact) mass is 725 g/mol. The van der Waals surface area contributed by atoms with Crippen LogP contribution < -0.4 is 0 Å². The highest BCUT2D eigenvalue weighted by Crippen LogP contribution is 2.15. The van der Waals surface area contributed by atoms with Gasteiger partial charge in [-0.1, -0.05) is 194 Å². The maximum atomic E-state index is 9.57. The molecule has 0 spiro atoms. The first kappa shape index (κ1) is 53.1. The number of hydrogen-bond acceptors (Lipinski definition) is 6. The van der Waals surface area contributed by atoms with Crippen LogP contribution in [0.25, 0.3) is 0 Å². The third-order valence-corrected chi connectivity index (χ3v) is 9.12. The lowest BCUT2D eigenvalue weighted by Crippen LogP contribution is -2.36. The van der Waals surface area contributed by atoms with E-state index < -0.39 is 10.4 Å². The van der Waals surface area contributed by atoms with E-state index in [0.29, 0.717) is 0 Å². The van der Waals surface area contributed by atoms with Crippen molar-refractivity contribution in [1.29, 1.82) is 0 Å². The zero-order valence-electron chi connectivity index (χ0n) is 33.9. The van der Waals surface area contributed by atoms with Gasteiger partial charge in [0.2, 0.25) is 0 Å². The summed E-state index contributed by atoms with van der Waals surface area (Å²) in [4.78, 5) is 0. The van der Waals surface area contributed by atoms with E-state index in [1.165, 1.54) is 193 Å². The van der Waals surface area contributed by atoms with Gasteiger partial charge in [0.15, 0.2) is 0 Å². The van der Waals surface area contributed by atoms with Gasteiger partial charge in [-0.15, -0.1) is 0 Å².